The van der Waals surface area contributed by atoms with Crippen LogP contribution in [0.15, 0.2) is 30.5 Å². The highest BCUT2D eigenvalue weighted by atomic mass is 16.4. The van der Waals surface area contributed by atoms with Crippen LogP contribution in [0.5, 0.6) is 0 Å². The van der Waals surface area contributed by atoms with E-state index in [-0.39, 0.29) is 32.1 Å². The van der Waals surface area contributed by atoms with Crippen molar-refractivity contribution in [3.05, 3.63) is 36.0 Å². The molecule has 0 saturated carbocycles. The van der Waals surface area contributed by atoms with Crippen molar-refractivity contribution in [2.24, 2.45) is 17.2 Å². The van der Waals surface area contributed by atoms with Crippen LogP contribution >= 0.6 is 0 Å². The van der Waals surface area contributed by atoms with E-state index in [4.69, 9.17) is 17.2 Å². The van der Waals surface area contributed by atoms with E-state index in [0.717, 1.165) is 10.9 Å². The molecule has 0 fully saturated rings. The van der Waals surface area contributed by atoms with Crippen LogP contribution < -0.4 is 33.2 Å². The van der Waals surface area contributed by atoms with Crippen LogP contribution in [0.4, 0.5) is 0 Å². The highest BCUT2D eigenvalue weighted by molar-refractivity contribution is 5.93. The largest absolute Gasteiger partial charge is 0.480 e. The number of benzene rings is 1. The number of primary amides is 2. The average Bonchev–Trinajstić information content (AvgIpc) is 3.25. The maximum Gasteiger partial charge on any atom is 0.326 e. The number of amides is 5. The molecule has 1 aromatic heterocycles. The van der Waals surface area contributed by atoms with Crippen LogP contribution in [-0.4, -0.2) is 70.3 Å². The normalized spacial score (nSPS) is 13.2. The highest BCUT2D eigenvalue weighted by Gasteiger charge is 2.26. The van der Waals surface area contributed by atoms with Gasteiger partial charge in [-0.05, 0) is 24.5 Å². The predicted octanol–water partition coefficient (Wildman–Crippen LogP) is -2.26. The molecular formula is C23H31N7O7. The second-order valence-electron chi connectivity index (χ2n) is 8.42. The van der Waals surface area contributed by atoms with E-state index in [9.17, 15) is 33.9 Å². The quantitative estimate of drug-likeness (QED) is 0.128. The zero-order chi connectivity index (χ0) is 27.5. The number of carboxylic acid groups (broad SMARTS) is 1. The predicted molar refractivity (Wildman–Crippen MR) is 131 cm³/mol. The molecule has 1 heterocycles. The van der Waals surface area contributed by atoms with Gasteiger partial charge in [0, 0.05) is 36.4 Å². The molecule has 3 unspecified atom stereocenters. The summed E-state index contributed by atoms with van der Waals surface area (Å²) in [7, 11) is 0. The summed E-state index contributed by atoms with van der Waals surface area (Å²) < 4.78 is 0. The molecular weight excluding hydrogens is 486 g/mol. The summed E-state index contributed by atoms with van der Waals surface area (Å²) in [6.45, 7) is -0.590. The van der Waals surface area contributed by atoms with Crippen molar-refractivity contribution in [3.8, 4) is 0 Å². The molecule has 0 radical (unpaired) electrons. The minimum atomic E-state index is -1.37. The number of aromatic amines is 1. The number of para-hydroxylation sites is 1. The van der Waals surface area contributed by atoms with Gasteiger partial charge in [-0.25, -0.2) is 4.79 Å². The molecule has 0 aliphatic carbocycles. The van der Waals surface area contributed by atoms with Crippen LogP contribution in [0, 0.1) is 0 Å². The number of H-pyrrole nitrogens is 1. The fourth-order valence-corrected chi connectivity index (χ4v) is 3.52. The Morgan fingerprint density at radius 1 is 0.892 bits per heavy atom. The van der Waals surface area contributed by atoms with Crippen molar-refractivity contribution in [1.82, 2.24) is 20.9 Å². The fourth-order valence-electron chi connectivity index (χ4n) is 3.52. The molecule has 1 aromatic carbocycles. The van der Waals surface area contributed by atoms with Crippen molar-refractivity contribution in [2.75, 3.05) is 6.54 Å². The van der Waals surface area contributed by atoms with Crippen molar-refractivity contribution < 1.29 is 33.9 Å². The lowest BCUT2D eigenvalue weighted by atomic mass is 10.0. The van der Waals surface area contributed by atoms with Crippen LogP contribution in [0.3, 0.4) is 0 Å². The Hall–Kier alpha value is -4.46. The number of rotatable bonds is 15. The molecule has 0 bridgehead atoms. The van der Waals surface area contributed by atoms with Crippen molar-refractivity contribution in [1.29, 1.82) is 0 Å². The van der Waals surface area contributed by atoms with Crippen molar-refractivity contribution in [3.63, 3.8) is 0 Å². The zero-order valence-electron chi connectivity index (χ0n) is 20.0. The second-order valence-corrected chi connectivity index (χ2v) is 8.42. The lowest BCUT2D eigenvalue weighted by Gasteiger charge is -2.21. The van der Waals surface area contributed by atoms with E-state index in [0.29, 0.717) is 5.56 Å². The molecule has 2 aromatic rings. The number of hydrogen-bond acceptors (Lipinski definition) is 7. The Labute approximate surface area is 211 Å². The van der Waals surface area contributed by atoms with E-state index >= 15 is 0 Å². The van der Waals surface area contributed by atoms with Gasteiger partial charge in [0.25, 0.3) is 0 Å². The van der Waals surface area contributed by atoms with E-state index < -0.39 is 60.2 Å². The smallest absolute Gasteiger partial charge is 0.326 e. The van der Waals surface area contributed by atoms with Gasteiger partial charge in [0.1, 0.15) is 12.1 Å². The number of carboxylic acids is 1. The lowest BCUT2D eigenvalue weighted by molar-refractivity contribution is -0.142. The molecule has 0 aliphatic heterocycles. The summed E-state index contributed by atoms with van der Waals surface area (Å²) in [4.78, 5) is 74.1. The van der Waals surface area contributed by atoms with E-state index in [2.05, 4.69) is 20.9 Å². The van der Waals surface area contributed by atoms with Gasteiger partial charge in [-0.15, -0.1) is 0 Å². The third-order valence-electron chi connectivity index (χ3n) is 5.51. The maximum absolute atomic E-state index is 13.0. The van der Waals surface area contributed by atoms with Gasteiger partial charge in [0.15, 0.2) is 0 Å². The SMILES string of the molecule is NC(=O)CCC(N)C(=O)NC(Cc1c[nH]c2ccccc12)C(=O)NCC(=O)NC(CCC(N)=O)C(=O)O. The molecule has 14 nitrogen and oxygen atoms in total. The number of nitrogens with two attached hydrogens (primary N) is 3. The van der Waals surface area contributed by atoms with Crippen molar-refractivity contribution >= 4 is 46.4 Å². The van der Waals surface area contributed by atoms with E-state index in [1.54, 1.807) is 6.20 Å². The average molecular weight is 518 g/mol. The number of fused-ring (bicyclic) bond motifs is 1. The minimum absolute atomic E-state index is 0.0210. The van der Waals surface area contributed by atoms with Gasteiger partial charge in [-0.3, -0.25) is 24.0 Å². The monoisotopic (exact) mass is 517 g/mol. The Morgan fingerprint density at radius 3 is 2.19 bits per heavy atom. The number of carbonyl (C=O) groups is 6. The highest BCUT2D eigenvalue weighted by Crippen LogP contribution is 2.19. The summed E-state index contributed by atoms with van der Waals surface area (Å²) in [5.74, 6) is -4.95. The van der Waals surface area contributed by atoms with Crippen molar-refractivity contribution in [2.45, 2.75) is 50.2 Å². The molecule has 14 heteroatoms. The van der Waals surface area contributed by atoms with Gasteiger partial charge >= 0.3 is 5.97 Å². The summed E-state index contributed by atoms with van der Waals surface area (Å²) in [6, 6.07) is 3.70. The van der Waals surface area contributed by atoms with Gasteiger partial charge in [-0.2, -0.15) is 0 Å². The first-order chi connectivity index (χ1) is 17.5. The van der Waals surface area contributed by atoms with Gasteiger partial charge in [-0.1, -0.05) is 18.2 Å². The Bertz CT molecular complexity index is 1160. The molecule has 2 rings (SSSR count). The third-order valence-corrected chi connectivity index (χ3v) is 5.51. The van der Waals surface area contributed by atoms with E-state index in [1.165, 1.54) is 0 Å². The maximum atomic E-state index is 13.0. The molecule has 200 valence electrons. The van der Waals surface area contributed by atoms with E-state index in [1.807, 2.05) is 24.3 Å². The number of hydrogen-bond donors (Lipinski definition) is 8. The molecule has 37 heavy (non-hydrogen) atoms. The molecule has 3 atom stereocenters. The minimum Gasteiger partial charge on any atom is -0.480 e. The van der Waals surface area contributed by atoms with Gasteiger partial charge < -0.3 is 43.2 Å². The summed E-state index contributed by atoms with van der Waals surface area (Å²) in [6.07, 6.45) is 1.13. The molecule has 0 spiro atoms. The number of nitrogens with one attached hydrogen (secondary N) is 4. The molecule has 5 amide bonds. The Kier molecular flexibility index (Phi) is 10.6. The summed E-state index contributed by atoms with van der Waals surface area (Å²) in [5.41, 5.74) is 17.5. The number of carbonyl (C=O) groups excluding carboxylic acids is 5. The topological polar surface area (TPSA) is 253 Å². The van der Waals surface area contributed by atoms with Crippen LogP contribution in [0.2, 0.25) is 0 Å². The van der Waals surface area contributed by atoms with Crippen LogP contribution in [0.1, 0.15) is 31.2 Å². The first kappa shape index (κ1) is 28.8. The fraction of sp³-hybridized carbons (Fsp3) is 0.391. The second kappa shape index (κ2) is 13.6. The summed E-state index contributed by atoms with van der Waals surface area (Å²) >= 11 is 0. The molecule has 11 N–H and O–H groups in total. The molecule has 0 aliphatic rings. The van der Waals surface area contributed by atoms with Crippen LogP contribution in [0.25, 0.3) is 10.9 Å². The van der Waals surface area contributed by atoms with Gasteiger partial charge in [0.2, 0.25) is 29.5 Å². The Balaban J connectivity index is 2.09. The van der Waals surface area contributed by atoms with Crippen LogP contribution in [-0.2, 0) is 35.2 Å². The molecule has 0 saturated heterocycles. The number of aromatic nitrogens is 1. The number of aliphatic carboxylic acids is 1. The van der Waals surface area contributed by atoms with Gasteiger partial charge in [0.05, 0.1) is 12.6 Å². The first-order valence-corrected chi connectivity index (χ1v) is 11.4. The first-order valence-electron chi connectivity index (χ1n) is 11.4. The standard InChI is InChI=1S/C23H31N7O7/c24-14(5-7-18(25)31)21(34)30-17(9-12-10-27-15-4-2-1-3-13(12)15)22(35)28-11-20(33)29-16(23(36)37)6-8-19(26)32/h1-4,10,14,16-17,27H,5-9,11,24H2,(H2,25,31)(H2,26,32)(H,28,35)(H,29,33)(H,30,34)(H,36,37). The third kappa shape index (κ3) is 9.25. The zero-order valence-corrected chi connectivity index (χ0v) is 20.0. The lowest BCUT2D eigenvalue weighted by Crippen LogP contribution is -2.54. The Morgan fingerprint density at radius 2 is 1.54 bits per heavy atom. The summed E-state index contributed by atoms with van der Waals surface area (Å²) in [5, 5.41) is 17.2.